The number of aliphatic hydroxyl groups excluding tert-OH is 2. The summed E-state index contributed by atoms with van der Waals surface area (Å²) in [5.74, 6) is 0.857. The summed E-state index contributed by atoms with van der Waals surface area (Å²) < 4.78 is 46.2. The molecule has 45 heavy (non-hydrogen) atoms. The smallest absolute Gasteiger partial charge is 0.369 e. The van der Waals surface area contributed by atoms with Crippen LogP contribution in [0.15, 0.2) is 78.5 Å². The van der Waals surface area contributed by atoms with Crippen LogP contribution in [0, 0.1) is 5.92 Å². The van der Waals surface area contributed by atoms with E-state index < -0.39 is 35.8 Å². The van der Waals surface area contributed by atoms with Gasteiger partial charge in [0.2, 0.25) is 5.91 Å². The van der Waals surface area contributed by atoms with Gasteiger partial charge in [-0.15, -0.1) is 0 Å². The summed E-state index contributed by atoms with van der Waals surface area (Å²) in [4.78, 5) is 13.3. The second-order valence-corrected chi connectivity index (χ2v) is 13.0. The first-order valence-electron chi connectivity index (χ1n) is 14.3. The summed E-state index contributed by atoms with van der Waals surface area (Å²) >= 11 is 7.85. The van der Waals surface area contributed by atoms with Crippen LogP contribution >= 0.6 is 23.4 Å². The van der Waals surface area contributed by atoms with E-state index in [4.69, 9.17) is 16.3 Å². The lowest BCUT2D eigenvalue weighted by Gasteiger charge is -2.24. The Hall–Kier alpha value is -3.29. The standard InChI is InChI=1S/C32H36ClF3N4O4S/c1-31(2,3)44-28(41)13-15-45-19-20-6-4-7-21(16-20)29(42)37-26-11-10-23(33)18-25(26)30(43)38-27-12-14-40(39-27)24-9-5-8-22(17-24)32(34,35)36/h4-6,8-12,14,16-18,21,28,30,41,43H,7,13,15,19H2,1-3H3,(H,37,42)(H,38,39). The molecule has 3 unspecified atom stereocenters. The average molecular weight is 665 g/mol. The zero-order valence-corrected chi connectivity index (χ0v) is 26.6. The maximum atomic E-state index is 13.3. The van der Waals surface area contributed by atoms with Gasteiger partial charge in [0.25, 0.3) is 0 Å². The van der Waals surface area contributed by atoms with Gasteiger partial charge in [0.15, 0.2) is 18.3 Å². The van der Waals surface area contributed by atoms with Crippen molar-refractivity contribution < 1.29 is 32.9 Å². The molecule has 3 aromatic rings. The summed E-state index contributed by atoms with van der Waals surface area (Å²) in [5, 5.41) is 31.3. The molecule has 0 aliphatic heterocycles. The number of aliphatic hydroxyl groups is 2. The molecule has 4 N–H and O–H groups in total. The highest BCUT2D eigenvalue weighted by atomic mass is 35.5. The van der Waals surface area contributed by atoms with Crippen molar-refractivity contribution in [1.82, 2.24) is 9.78 Å². The molecule has 3 atom stereocenters. The van der Waals surface area contributed by atoms with Crippen LogP contribution in [0.5, 0.6) is 0 Å². The van der Waals surface area contributed by atoms with Gasteiger partial charge in [0, 0.05) is 40.7 Å². The number of hydrogen-bond donors (Lipinski definition) is 4. The zero-order chi connectivity index (χ0) is 32.8. The molecule has 0 saturated heterocycles. The Morgan fingerprint density at radius 3 is 2.69 bits per heavy atom. The molecule has 0 radical (unpaired) electrons. The fraction of sp³-hybridized carbons (Fsp3) is 0.375. The molecule has 1 aromatic heterocycles. The maximum absolute atomic E-state index is 13.3. The Morgan fingerprint density at radius 2 is 1.96 bits per heavy atom. The van der Waals surface area contributed by atoms with Gasteiger partial charge in [-0.2, -0.15) is 30.0 Å². The molecule has 0 saturated carbocycles. The number of hydrogen-bond acceptors (Lipinski definition) is 7. The lowest BCUT2D eigenvalue weighted by molar-refractivity contribution is -0.165. The van der Waals surface area contributed by atoms with Crippen LogP contribution in [0.25, 0.3) is 5.69 Å². The molecule has 13 heteroatoms. The summed E-state index contributed by atoms with van der Waals surface area (Å²) in [6.07, 6.45) is 1.62. The van der Waals surface area contributed by atoms with E-state index in [0.29, 0.717) is 35.1 Å². The van der Waals surface area contributed by atoms with Crippen LogP contribution < -0.4 is 10.6 Å². The van der Waals surface area contributed by atoms with Gasteiger partial charge >= 0.3 is 6.18 Å². The molecule has 8 nitrogen and oxygen atoms in total. The molecule has 1 aliphatic rings. The van der Waals surface area contributed by atoms with Gasteiger partial charge in [-0.3, -0.25) is 4.79 Å². The van der Waals surface area contributed by atoms with Crippen molar-refractivity contribution in [2.45, 2.75) is 57.9 Å². The molecular formula is C32H36ClF3N4O4S. The first kappa shape index (κ1) is 34.6. The van der Waals surface area contributed by atoms with Crippen LogP contribution in [0.2, 0.25) is 5.02 Å². The Bertz CT molecular complexity index is 1540. The summed E-state index contributed by atoms with van der Waals surface area (Å²) in [7, 11) is 0. The largest absolute Gasteiger partial charge is 0.416 e. The van der Waals surface area contributed by atoms with Gasteiger partial charge < -0.3 is 25.6 Å². The SMILES string of the molecule is CC(C)(C)OC(O)CCSCC1=CC(C(=O)Nc2ccc(Cl)cc2C(O)Nc2ccn(-c3cccc(C(F)(F)F)c3)n2)CC=C1. The number of benzene rings is 2. The van der Waals surface area contributed by atoms with E-state index in [9.17, 15) is 28.2 Å². The monoisotopic (exact) mass is 664 g/mol. The molecule has 1 amide bonds. The van der Waals surface area contributed by atoms with Crippen molar-refractivity contribution >= 4 is 40.8 Å². The third-order valence-corrected chi connectivity index (χ3v) is 7.92. The molecule has 0 spiro atoms. The number of thioether (sulfide) groups is 1. The van der Waals surface area contributed by atoms with Crippen LogP contribution in [-0.4, -0.2) is 49.3 Å². The summed E-state index contributed by atoms with van der Waals surface area (Å²) in [6, 6.07) is 10.9. The van der Waals surface area contributed by atoms with Crippen molar-refractivity contribution in [1.29, 1.82) is 0 Å². The number of nitrogens with one attached hydrogen (secondary N) is 2. The molecule has 242 valence electrons. The number of carbonyl (C=O) groups excluding carboxylic acids is 1. The highest BCUT2D eigenvalue weighted by molar-refractivity contribution is 7.99. The Morgan fingerprint density at radius 1 is 1.18 bits per heavy atom. The third-order valence-electron chi connectivity index (χ3n) is 6.62. The molecule has 0 fully saturated rings. The molecule has 1 heterocycles. The fourth-order valence-electron chi connectivity index (χ4n) is 4.55. The van der Waals surface area contributed by atoms with E-state index >= 15 is 0 Å². The quantitative estimate of drug-likeness (QED) is 0.118. The average Bonchev–Trinajstić information content (AvgIpc) is 3.43. The van der Waals surface area contributed by atoms with E-state index in [1.54, 1.807) is 23.9 Å². The Labute approximate surface area is 269 Å². The van der Waals surface area contributed by atoms with Gasteiger partial charge in [-0.25, -0.2) is 4.68 Å². The van der Waals surface area contributed by atoms with Crippen LogP contribution in [-0.2, 0) is 15.7 Å². The number of anilines is 2. The topological polar surface area (TPSA) is 109 Å². The normalized spacial score (nSPS) is 16.6. The number of carbonyl (C=O) groups is 1. The summed E-state index contributed by atoms with van der Waals surface area (Å²) in [6.45, 7) is 5.66. The number of rotatable bonds is 12. The van der Waals surface area contributed by atoms with Crippen LogP contribution in [0.4, 0.5) is 24.7 Å². The molecule has 0 bridgehead atoms. The van der Waals surface area contributed by atoms with Crippen molar-refractivity contribution in [3.63, 3.8) is 0 Å². The Kier molecular flexibility index (Phi) is 11.4. The maximum Gasteiger partial charge on any atom is 0.416 e. The van der Waals surface area contributed by atoms with E-state index in [1.807, 2.05) is 39.0 Å². The van der Waals surface area contributed by atoms with Gasteiger partial charge in [-0.05, 0) is 74.9 Å². The number of amides is 1. The number of alkyl halides is 3. The first-order valence-corrected chi connectivity index (χ1v) is 15.8. The van der Waals surface area contributed by atoms with E-state index in [2.05, 4.69) is 15.7 Å². The van der Waals surface area contributed by atoms with E-state index in [0.717, 1.165) is 17.7 Å². The highest BCUT2D eigenvalue weighted by Crippen LogP contribution is 2.32. The van der Waals surface area contributed by atoms with Crippen molar-refractivity contribution in [2.75, 3.05) is 22.1 Å². The molecule has 1 aliphatic carbocycles. The molecular weight excluding hydrogens is 629 g/mol. The van der Waals surface area contributed by atoms with E-state index in [-0.39, 0.29) is 23.0 Å². The minimum Gasteiger partial charge on any atom is -0.369 e. The van der Waals surface area contributed by atoms with Crippen LogP contribution in [0.1, 0.15) is 51.0 Å². The number of aromatic nitrogens is 2. The van der Waals surface area contributed by atoms with Crippen molar-refractivity contribution in [3.05, 3.63) is 94.7 Å². The van der Waals surface area contributed by atoms with Crippen molar-refractivity contribution in [2.24, 2.45) is 5.92 Å². The van der Waals surface area contributed by atoms with Gasteiger partial charge in [-0.1, -0.05) is 35.9 Å². The van der Waals surface area contributed by atoms with Crippen LogP contribution in [0.3, 0.4) is 0 Å². The lowest BCUT2D eigenvalue weighted by atomic mass is 9.96. The second-order valence-electron chi connectivity index (χ2n) is 11.5. The molecule has 2 aromatic carbocycles. The predicted molar refractivity (Wildman–Crippen MR) is 171 cm³/mol. The van der Waals surface area contributed by atoms with Gasteiger partial charge in [0.1, 0.15) is 0 Å². The number of allylic oxidation sites excluding steroid dienone is 2. The van der Waals surface area contributed by atoms with Crippen molar-refractivity contribution in [3.8, 4) is 5.69 Å². The van der Waals surface area contributed by atoms with E-state index in [1.165, 1.54) is 35.1 Å². The number of ether oxygens (including phenoxy) is 1. The second kappa shape index (κ2) is 14.9. The van der Waals surface area contributed by atoms with Gasteiger partial charge in [0.05, 0.1) is 22.8 Å². The first-order chi connectivity index (χ1) is 21.2. The number of halogens is 4. The highest BCUT2D eigenvalue weighted by Gasteiger charge is 2.30. The zero-order valence-electron chi connectivity index (χ0n) is 25.0. The predicted octanol–water partition coefficient (Wildman–Crippen LogP) is 7.35. The fourth-order valence-corrected chi connectivity index (χ4v) is 5.68. The molecule has 4 rings (SSSR count). The minimum absolute atomic E-state index is 0.192. The lowest BCUT2D eigenvalue weighted by Crippen LogP contribution is -2.27. The Balaban J connectivity index is 1.38. The number of nitrogens with zero attached hydrogens (tertiary/aromatic N) is 2. The minimum atomic E-state index is -4.50. The summed E-state index contributed by atoms with van der Waals surface area (Å²) in [5.41, 5.74) is 0.586. The third kappa shape index (κ3) is 10.4.